The quantitative estimate of drug-likeness (QED) is 0.171. The van der Waals surface area contributed by atoms with Crippen LogP contribution in [0.25, 0.3) is 0 Å². The van der Waals surface area contributed by atoms with E-state index in [9.17, 15) is 9.59 Å². The van der Waals surface area contributed by atoms with Gasteiger partial charge in [-0.15, -0.1) is 0 Å². The largest absolute Gasteiger partial charge is 0.824 e. The molecule has 0 heterocycles. The summed E-state index contributed by atoms with van der Waals surface area (Å²) in [5, 5.41) is 0. The number of carbonyl (C=O) groups is 2. The molecule has 0 radical (unpaired) electrons. The van der Waals surface area contributed by atoms with Gasteiger partial charge >= 0.3 is 9.05 Å². The Balaban J connectivity index is 4.10. The molecule has 29 heavy (non-hydrogen) atoms. The zero-order valence-corrected chi connectivity index (χ0v) is 20.3. The Hall–Kier alpha value is -0.923. The van der Waals surface area contributed by atoms with Crippen LogP contribution in [0.2, 0.25) is 0 Å². The van der Waals surface area contributed by atoms with E-state index in [1.54, 1.807) is 0 Å². The number of unbranched alkanes of at least 4 members (excludes halogenated alkanes) is 12. The summed E-state index contributed by atoms with van der Waals surface area (Å²) in [5.74, 6) is -0.865. The second-order valence-electron chi connectivity index (χ2n) is 7.60. The summed E-state index contributed by atoms with van der Waals surface area (Å²) in [4.78, 5) is 24.3. The lowest BCUT2D eigenvalue weighted by molar-refractivity contribution is -0.151. The van der Waals surface area contributed by atoms with E-state index in [-0.39, 0.29) is 12.8 Å². The molecule has 0 unspecified atom stereocenters. The van der Waals surface area contributed by atoms with Gasteiger partial charge in [0, 0.05) is 27.1 Å². The topological polar surface area (TPSA) is 71.1 Å². The standard InChI is InChI=1S/C22H44O6Si/c1-5-7-9-11-13-15-17-19-21(23)27-29(25-3,26-4)28-22(24)20-18-16-14-12-10-8-6-2/h5-20H2,1-4H3. The molecule has 0 rings (SSSR count). The SMILES string of the molecule is CCCCCCCCCC(=O)O[Si](OC)(OC)OC(=O)CCCCCCCCC. The molecule has 0 saturated heterocycles. The normalized spacial score (nSPS) is 11.4. The van der Waals surface area contributed by atoms with Crippen LogP contribution in [0.1, 0.15) is 117 Å². The van der Waals surface area contributed by atoms with Crippen LogP contribution in [-0.2, 0) is 27.3 Å². The lowest BCUT2D eigenvalue weighted by Gasteiger charge is -2.23. The van der Waals surface area contributed by atoms with Crippen LogP contribution in [-0.4, -0.2) is 35.2 Å². The molecule has 7 heteroatoms. The number of carbonyl (C=O) groups excluding carboxylic acids is 2. The van der Waals surface area contributed by atoms with Crippen molar-refractivity contribution in [3.8, 4) is 0 Å². The Morgan fingerprint density at radius 3 is 1.17 bits per heavy atom. The fourth-order valence-corrected chi connectivity index (χ4v) is 4.41. The summed E-state index contributed by atoms with van der Waals surface area (Å²) in [5.41, 5.74) is 0. The summed E-state index contributed by atoms with van der Waals surface area (Å²) in [7, 11) is -1.05. The van der Waals surface area contributed by atoms with Crippen molar-refractivity contribution < 1.29 is 27.3 Å². The van der Waals surface area contributed by atoms with Gasteiger partial charge in [-0.2, -0.15) is 0 Å². The van der Waals surface area contributed by atoms with Crippen molar-refractivity contribution in [2.75, 3.05) is 14.2 Å². The van der Waals surface area contributed by atoms with Crippen molar-refractivity contribution in [3.63, 3.8) is 0 Å². The van der Waals surface area contributed by atoms with Crippen LogP contribution in [0.4, 0.5) is 0 Å². The molecule has 0 aromatic carbocycles. The molecular formula is C22H44O6Si. The van der Waals surface area contributed by atoms with Crippen molar-refractivity contribution >= 4 is 21.0 Å². The summed E-state index contributed by atoms with van der Waals surface area (Å²) in [6.07, 6.45) is 16.2. The number of rotatable bonds is 20. The third kappa shape index (κ3) is 15.6. The van der Waals surface area contributed by atoms with Crippen LogP contribution in [0.5, 0.6) is 0 Å². The van der Waals surface area contributed by atoms with Gasteiger partial charge in [0.1, 0.15) is 0 Å². The molecular weight excluding hydrogens is 388 g/mol. The number of hydrogen-bond acceptors (Lipinski definition) is 6. The average Bonchev–Trinajstić information content (AvgIpc) is 2.72. The molecule has 0 atom stereocenters. The fourth-order valence-electron chi connectivity index (χ4n) is 3.10. The second-order valence-corrected chi connectivity index (χ2v) is 9.82. The molecule has 0 aliphatic rings. The lowest BCUT2D eigenvalue weighted by Crippen LogP contribution is -2.50. The highest BCUT2D eigenvalue weighted by Crippen LogP contribution is 2.16. The molecule has 0 aromatic rings. The maximum absolute atomic E-state index is 12.1. The molecule has 0 fully saturated rings. The van der Waals surface area contributed by atoms with Crippen molar-refractivity contribution in [2.24, 2.45) is 0 Å². The van der Waals surface area contributed by atoms with E-state index < -0.39 is 21.0 Å². The molecule has 6 nitrogen and oxygen atoms in total. The zero-order chi connectivity index (χ0) is 21.8. The van der Waals surface area contributed by atoms with E-state index in [0.717, 1.165) is 38.5 Å². The first-order valence-electron chi connectivity index (χ1n) is 11.6. The Kier molecular flexibility index (Phi) is 18.5. The highest BCUT2D eigenvalue weighted by atomic mass is 28.4. The predicted molar refractivity (Wildman–Crippen MR) is 117 cm³/mol. The van der Waals surface area contributed by atoms with E-state index in [4.69, 9.17) is 17.7 Å². The van der Waals surface area contributed by atoms with Crippen LogP contribution >= 0.6 is 0 Å². The van der Waals surface area contributed by atoms with Crippen LogP contribution in [0, 0.1) is 0 Å². The van der Waals surface area contributed by atoms with Gasteiger partial charge in [-0.25, -0.2) is 0 Å². The Morgan fingerprint density at radius 2 is 0.862 bits per heavy atom. The Morgan fingerprint density at radius 1 is 0.552 bits per heavy atom. The highest BCUT2D eigenvalue weighted by Gasteiger charge is 2.52. The van der Waals surface area contributed by atoms with Crippen LogP contribution in [0.15, 0.2) is 0 Å². The average molecular weight is 433 g/mol. The predicted octanol–water partition coefficient (Wildman–Crippen LogP) is 6.08. The van der Waals surface area contributed by atoms with Gasteiger partial charge in [0.25, 0.3) is 11.9 Å². The van der Waals surface area contributed by atoms with E-state index in [0.29, 0.717) is 0 Å². The van der Waals surface area contributed by atoms with Crippen LogP contribution in [0.3, 0.4) is 0 Å². The third-order valence-corrected chi connectivity index (χ3v) is 6.90. The lowest BCUT2D eigenvalue weighted by atomic mass is 10.1. The first-order valence-corrected chi connectivity index (χ1v) is 13.2. The third-order valence-electron chi connectivity index (χ3n) is 4.95. The van der Waals surface area contributed by atoms with E-state index in [1.807, 2.05) is 0 Å². The maximum Gasteiger partial charge on any atom is 0.824 e. The molecule has 172 valence electrons. The first-order chi connectivity index (χ1) is 14.0. The molecule has 0 spiro atoms. The van der Waals surface area contributed by atoms with Crippen molar-refractivity contribution in [2.45, 2.75) is 117 Å². The molecule has 0 aliphatic carbocycles. The fraction of sp³-hybridized carbons (Fsp3) is 0.909. The van der Waals surface area contributed by atoms with Gasteiger partial charge in [-0.05, 0) is 12.8 Å². The van der Waals surface area contributed by atoms with Gasteiger partial charge < -0.3 is 17.7 Å². The van der Waals surface area contributed by atoms with E-state index in [2.05, 4.69) is 13.8 Å². The molecule has 0 bridgehead atoms. The number of hydrogen-bond donors (Lipinski definition) is 0. The highest BCUT2D eigenvalue weighted by molar-refractivity contribution is 6.57. The molecule has 0 aliphatic heterocycles. The minimum atomic E-state index is -3.74. The van der Waals surface area contributed by atoms with Crippen LogP contribution < -0.4 is 0 Å². The minimum absolute atomic E-state index is 0.282. The van der Waals surface area contributed by atoms with Crippen molar-refractivity contribution in [1.82, 2.24) is 0 Å². The summed E-state index contributed by atoms with van der Waals surface area (Å²) in [6.45, 7) is 4.39. The molecule has 0 aromatic heterocycles. The molecule has 0 N–H and O–H groups in total. The zero-order valence-electron chi connectivity index (χ0n) is 19.3. The minimum Gasteiger partial charge on any atom is -0.442 e. The van der Waals surface area contributed by atoms with Gasteiger partial charge in [0.2, 0.25) is 0 Å². The molecule has 0 amide bonds. The van der Waals surface area contributed by atoms with Gasteiger partial charge in [-0.1, -0.05) is 90.9 Å². The monoisotopic (exact) mass is 432 g/mol. The van der Waals surface area contributed by atoms with E-state index in [1.165, 1.54) is 65.6 Å². The first kappa shape index (κ1) is 28.1. The van der Waals surface area contributed by atoms with Gasteiger partial charge in [-0.3, -0.25) is 9.59 Å². The summed E-state index contributed by atoms with van der Waals surface area (Å²) >= 11 is 0. The van der Waals surface area contributed by atoms with Gasteiger partial charge in [0.15, 0.2) is 0 Å². The Labute approximate surface area is 179 Å². The van der Waals surface area contributed by atoms with Crippen molar-refractivity contribution in [1.29, 1.82) is 0 Å². The Bertz CT molecular complexity index is 378. The second kappa shape index (κ2) is 19.1. The summed E-state index contributed by atoms with van der Waals surface area (Å²) in [6, 6.07) is 0. The van der Waals surface area contributed by atoms with E-state index >= 15 is 0 Å². The van der Waals surface area contributed by atoms with Gasteiger partial charge in [0.05, 0.1) is 0 Å². The molecule has 0 saturated carbocycles. The summed E-state index contributed by atoms with van der Waals surface area (Å²) < 4.78 is 21.1. The maximum atomic E-state index is 12.1. The smallest absolute Gasteiger partial charge is 0.442 e. The van der Waals surface area contributed by atoms with Crippen molar-refractivity contribution in [3.05, 3.63) is 0 Å².